The van der Waals surface area contributed by atoms with Crippen molar-refractivity contribution in [3.05, 3.63) is 93.7 Å². The number of nitrogens with one attached hydrogen (secondary N) is 1. The number of hydrogen-bond acceptors (Lipinski definition) is 3. The number of benzene rings is 2. The molecule has 5 nitrogen and oxygen atoms in total. The third-order valence-corrected chi connectivity index (χ3v) is 5.84. The van der Waals surface area contributed by atoms with Crippen LogP contribution in [0.3, 0.4) is 0 Å². The fraction of sp³-hybridized carbons (Fsp3) is 0.217. The summed E-state index contributed by atoms with van der Waals surface area (Å²) in [5.74, 6) is 0.0238. The number of hydrogen-bond donors (Lipinski definition) is 3. The molecule has 0 bridgehead atoms. The number of amides is 3. The summed E-state index contributed by atoms with van der Waals surface area (Å²) in [6.07, 6.45) is 0. The van der Waals surface area contributed by atoms with Gasteiger partial charge in [-0.1, -0.05) is 74.5 Å². The average Bonchev–Trinajstić information content (AvgIpc) is 3.23. The lowest BCUT2D eigenvalue weighted by Crippen LogP contribution is -2.88. The molecular formula is C23H26N3O2S+. The minimum absolute atomic E-state index is 0.0833. The van der Waals surface area contributed by atoms with E-state index in [1.54, 1.807) is 11.3 Å². The van der Waals surface area contributed by atoms with Crippen molar-refractivity contribution in [1.29, 1.82) is 0 Å². The van der Waals surface area contributed by atoms with Crippen LogP contribution in [0.5, 0.6) is 0 Å². The van der Waals surface area contributed by atoms with Crippen LogP contribution in [-0.2, 0) is 4.79 Å². The van der Waals surface area contributed by atoms with E-state index >= 15 is 0 Å². The van der Waals surface area contributed by atoms with Crippen molar-refractivity contribution in [3.8, 4) is 0 Å². The largest absolute Gasteiger partial charge is 0.351 e. The second-order valence-electron chi connectivity index (χ2n) is 7.25. The number of rotatable bonds is 7. The summed E-state index contributed by atoms with van der Waals surface area (Å²) in [7, 11) is 0. The molecule has 2 atom stereocenters. The fourth-order valence-corrected chi connectivity index (χ4v) is 4.16. The van der Waals surface area contributed by atoms with Gasteiger partial charge >= 0.3 is 6.03 Å². The molecule has 1 heterocycles. The first kappa shape index (κ1) is 20.8. The van der Waals surface area contributed by atoms with Crippen LogP contribution in [0.1, 0.15) is 53.4 Å². The van der Waals surface area contributed by atoms with Crippen LogP contribution in [0.4, 0.5) is 4.79 Å². The van der Waals surface area contributed by atoms with E-state index in [1.807, 2.05) is 47.1 Å². The molecule has 0 spiro atoms. The molecule has 0 saturated carbocycles. The van der Waals surface area contributed by atoms with Gasteiger partial charge in [0.25, 0.3) is 5.91 Å². The Morgan fingerprint density at radius 2 is 1.55 bits per heavy atom. The van der Waals surface area contributed by atoms with E-state index in [0.29, 0.717) is 5.92 Å². The maximum absolute atomic E-state index is 12.8. The molecule has 3 aromatic rings. The van der Waals surface area contributed by atoms with Gasteiger partial charge in [0.15, 0.2) is 6.04 Å². The van der Waals surface area contributed by atoms with Gasteiger partial charge in [0.05, 0.1) is 4.88 Å². The molecule has 0 aliphatic carbocycles. The highest BCUT2D eigenvalue weighted by Crippen LogP contribution is 2.26. The summed E-state index contributed by atoms with van der Waals surface area (Å²) in [6, 6.07) is 20.5. The van der Waals surface area contributed by atoms with Crippen LogP contribution in [0, 0.1) is 0 Å². The maximum Gasteiger partial charge on any atom is 0.319 e. The van der Waals surface area contributed by atoms with Crippen LogP contribution in [0.25, 0.3) is 0 Å². The number of primary amides is 1. The van der Waals surface area contributed by atoms with Gasteiger partial charge in [0, 0.05) is 11.1 Å². The van der Waals surface area contributed by atoms with Gasteiger partial charge < -0.3 is 11.1 Å². The van der Waals surface area contributed by atoms with Gasteiger partial charge in [0.1, 0.15) is 6.04 Å². The first-order valence-corrected chi connectivity index (χ1v) is 10.5. The predicted molar refractivity (Wildman–Crippen MR) is 116 cm³/mol. The fourth-order valence-electron chi connectivity index (χ4n) is 3.33. The van der Waals surface area contributed by atoms with E-state index in [1.165, 1.54) is 5.56 Å². The Morgan fingerprint density at radius 3 is 2.10 bits per heavy atom. The molecule has 5 N–H and O–H groups in total. The second-order valence-corrected chi connectivity index (χ2v) is 8.23. The van der Waals surface area contributed by atoms with Crippen LogP contribution in [0.2, 0.25) is 0 Å². The molecule has 150 valence electrons. The first-order valence-electron chi connectivity index (χ1n) is 9.59. The Labute approximate surface area is 175 Å². The van der Waals surface area contributed by atoms with Gasteiger partial charge in [0.2, 0.25) is 0 Å². The van der Waals surface area contributed by atoms with Crippen LogP contribution >= 0.6 is 11.3 Å². The highest BCUT2D eigenvalue weighted by Gasteiger charge is 2.31. The molecule has 0 aliphatic heterocycles. The van der Waals surface area contributed by atoms with Gasteiger partial charge in [-0.15, -0.1) is 11.3 Å². The van der Waals surface area contributed by atoms with Crippen LogP contribution in [0.15, 0.2) is 72.1 Å². The number of quaternary nitrogens is 1. The molecule has 0 saturated heterocycles. The lowest BCUT2D eigenvalue weighted by atomic mass is 9.97. The van der Waals surface area contributed by atoms with E-state index in [2.05, 4.69) is 49.5 Å². The van der Waals surface area contributed by atoms with Crippen molar-refractivity contribution in [1.82, 2.24) is 5.32 Å². The molecule has 0 radical (unpaired) electrons. The Morgan fingerprint density at radius 1 is 0.897 bits per heavy atom. The Hall–Kier alpha value is -2.96. The second kappa shape index (κ2) is 9.49. The summed E-state index contributed by atoms with van der Waals surface area (Å²) in [4.78, 5) is 25.2. The van der Waals surface area contributed by atoms with E-state index in [9.17, 15) is 9.59 Å². The minimum atomic E-state index is -0.849. The van der Waals surface area contributed by atoms with Crippen molar-refractivity contribution in [2.45, 2.75) is 31.8 Å². The molecule has 29 heavy (non-hydrogen) atoms. The molecule has 0 aliphatic rings. The average molecular weight is 409 g/mol. The number of carbonyl (C=O) groups is 2. The third-order valence-electron chi connectivity index (χ3n) is 4.88. The van der Waals surface area contributed by atoms with Gasteiger partial charge in [-0.25, -0.2) is 4.79 Å². The lowest BCUT2D eigenvalue weighted by Gasteiger charge is -2.22. The van der Waals surface area contributed by atoms with E-state index in [4.69, 9.17) is 5.73 Å². The summed E-state index contributed by atoms with van der Waals surface area (Å²) >= 11 is 1.64. The standard InChI is InChI=1S/C23H25N3O2S/c1-15(2)16-10-12-18(13-11-16)20(19-9-6-14-29-19)25-21(22(27)26-23(24)28)17-7-4-3-5-8-17/h3-15,20-21,25H,1-2H3,(H3,24,26,27,28)/p+1/t20-,21-/m1/s1. The SMILES string of the molecule is CC(C)c1ccc([C@@H]([NH2+][C@@H](C(=O)NC(N)=O)c2ccccc2)c2cccs2)cc1. The highest BCUT2D eigenvalue weighted by atomic mass is 32.1. The molecule has 3 amide bonds. The molecule has 6 heteroatoms. The van der Waals surface area contributed by atoms with Gasteiger partial charge in [-0.05, 0) is 22.9 Å². The molecule has 3 rings (SSSR count). The topological polar surface area (TPSA) is 88.8 Å². The van der Waals surface area contributed by atoms with Crippen molar-refractivity contribution in [3.63, 3.8) is 0 Å². The maximum atomic E-state index is 12.8. The van der Waals surface area contributed by atoms with E-state index in [0.717, 1.165) is 16.0 Å². The van der Waals surface area contributed by atoms with Crippen molar-refractivity contribution in [2.75, 3.05) is 0 Å². The normalized spacial score (nSPS) is 13.1. The number of imide groups is 1. The van der Waals surface area contributed by atoms with Gasteiger partial charge in [-0.2, -0.15) is 0 Å². The number of carbonyl (C=O) groups excluding carboxylic acids is 2. The Bertz CT molecular complexity index is 938. The van der Waals surface area contributed by atoms with E-state index < -0.39 is 18.0 Å². The van der Waals surface area contributed by atoms with Crippen molar-refractivity contribution < 1.29 is 14.9 Å². The zero-order valence-electron chi connectivity index (χ0n) is 16.5. The van der Waals surface area contributed by atoms with Crippen LogP contribution in [-0.4, -0.2) is 11.9 Å². The number of nitrogens with two attached hydrogens (primary N) is 2. The van der Waals surface area contributed by atoms with E-state index in [-0.39, 0.29) is 6.04 Å². The Kier molecular flexibility index (Phi) is 6.80. The minimum Gasteiger partial charge on any atom is -0.351 e. The lowest BCUT2D eigenvalue weighted by molar-refractivity contribution is -0.713. The van der Waals surface area contributed by atoms with Crippen molar-refractivity contribution >= 4 is 23.3 Å². The predicted octanol–water partition coefficient (Wildman–Crippen LogP) is 3.46. The third kappa shape index (κ3) is 5.31. The number of urea groups is 1. The molecule has 0 fully saturated rings. The monoisotopic (exact) mass is 408 g/mol. The van der Waals surface area contributed by atoms with Gasteiger partial charge in [-0.3, -0.25) is 10.1 Å². The quantitative estimate of drug-likeness (QED) is 0.559. The summed E-state index contributed by atoms with van der Waals surface area (Å²) < 4.78 is 0. The summed E-state index contributed by atoms with van der Waals surface area (Å²) in [5, 5.41) is 6.26. The molecular weight excluding hydrogens is 382 g/mol. The molecule has 0 unspecified atom stereocenters. The van der Waals surface area contributed by atoms with Crippen LogP contribution < -0.4 is 16.4 Å². The highest BCUT2D eigenvalue weighted by molar-refractivity contribution is 7.10. The first-order chi connectivity index (χ1) is 14.0. The molecule has 1 aromatic heterocycles. The molecule has 2 aromatic carbocycles. The smallest absolute Gasteiger partial charge is 0.319 e. The summed E-state index contributed by atoms with van der Waals surface area (Å²) in [5.41, 5.74) is 8.39. The Balaban J connectivity index is 1.97. The zero-order chi connectivity index (χ0) is 20.8. The van der Waals surface area contributed by atoms with Crippen molar-refractivity contribution in [2.24, 2.45) is 5.73 Å². The number of thiophene rings is 1. The zero-order valence-corrected chi connectivity index (χ0v) is 17.4. The summed E-state index contributed by atoms with van der Waals surface area (Å²) in [6.45, 7) is 4.33.